The maximum absolute atomic E-state index is 12.7. The highest BCUT2D eigenvalue weighted by atomic mass is 16.2. The molecule has 0 aromatic heterocycles. The molecule has 0 heterocycles. The SMILES string of the molecule is Cc1ccc(N(C)C(=O)CN(CCN(C)C)c2ccccc2)cc1. The lowest BCUT2D eigenvalue weighted by Crippen LogP contribution is -2.41. The molecule has 2 aromatic carbocycles. The summed E-state index contributed by atoms with van der Waals surface area (Å²) in [6, 6.07) is 18.1. The minimum Gasteiger partial charge on any atom is -0.361 e. The summed E-state index contributed by atoms with van der Waals surface area (Å²) in [4.78, 5) is 18.7. The minimum absolute atomic E-state index is 0.0847. The number of para-hydroxylation sites is 1. The van der Waals surface area contributed by atoms with Crippen LogP contribution in [0.25, 0.3) is 0 Å². The van der Waals surface area contributed by atoms with Gasteiger partial charge in [-0.2, -0.15) is 0 Å². The van der Waals surface area contributed by atoms with Gasteiger partial charge in [-0.25, -0.2) is 0 Å². The third kappa shape index (κ3) is 5.10. The highest BCUT2D eigenvalue weighted by Crippen LogP contribution is 2.16. The van der Waals surface area contributed by atoms with E-state index in [1.165, 1.54) is 5.56 Å². The molecule has 0 aliphatic heterocycles. The number of aryl methyl sites for hydroxylation is 1. The molecule has 0 saturated heterocycles. The highest BCUT2D eigenvalue weighted by molar-refractivity contribution is 5.96. The van der Waals surface area contributed by atoms with Crippen molar-refractivity contribution in [2.24, 2.45) is 0 Å². The number of anilines is 2. The summed E-state index contributed by atoms with van der Waals surface area (Å²) in [6.45, 7) is 4.12. The Balaban J connectivity index is 2.09. The first-order valence-electron chi connectivity index (χ1n) is 8.25. The van der Waals surface area contributed by atoms with Crippen LogP contribution in [0.3, 0.4) is 0 Å². The van der Waals surface area contributed by atoms with Gasteiger partial charge in [0, 0.05) is 31.5 Å². The van der Waals surface area contributed by atoms with E-state index in [0.29, 0.717) is 6.54 Å². The molecular weight excluding hydrogens is 298 g/mol. The maximum Gasteiger partial charge on any atom is 0.246 e. The van der Waals surface area contributed by atoms with Crippen LogP contribution in [-0.4, -0.2) is 51.6 Å². The molecule has 0 aliphatic carbocycles. The Morgan fingerprint density at radius 1 is 0.833 bits per heavy atom. The van der Waals surface area contributed by atoms with Crippen LogP contribution in [0.5, 0.6) is 0 Å². The fraction of sp³-hybridized carbons (Fsp3) is 0.350. The van der Waals surface area contributed by atoms with Gasteiger partial charge in [0.1, 0.15) is 0 Å². The molecule has 4 heteroatoms. The highest BCUT2D eigenvalue weighted by Gasteiger charge is 2.16. The fourth-order valence-corrected chi connectivity index (χ4v) is 2.44. The van der Waals surface area contributed by atoms with Gasteiger partial charge in [0.05, 0.1) is 6.54 Å². The number of carbonyl (C=O) groups excluding carboxylic acids is 1. The zero-order valence-electron chi connectivity index (χ0n) is 15.1. The van der Waals surface area contributed by atoms with Crippen molar-refractivity contribution >= 4 is 17.3 Å². The predicted octanol–water partition coefficient (Wildman–Crippen LogP) is 3.03. The Kier molecular flexibility index (Phi) is 6.38. The monoisotopic (exact) mass is 325 g/mol. The van der Waals surface area contributed by atoms with Crippen LogP contribution < -0.4 is 9.80 Å². The lowest BCUT2D eigenvalue weighted by Gasteiger charge is -2.28. The van der Waals surface area contributed by atoms with Crippen molar-refractivity contribution in [3.8, 4) is 0 Å². The van der Waals surface area contributed by atoms with Crippen LogP contribution in [0.15, 0.2) is 54.6 Å². The quantitative estimate of drug-likeness (QED) is 0.783. The number of hydrogen-bond acceptors (Lipinski definition) is 3. The van der Waals surface area contributed by atoms with Crippen molar-refractivity contribution in [1.29, 1.82) is 0 Å². The molecule has 0 radical (unpaired) electrons. The molecule has 1 amide bonds. The Labute approximate surface area is 145 Å². The van der Waals surface area contributed by atoms with E-state index in [1.54, 1.807) is 4.90 Å². The second kappa shape index (κ2) is 8.50. The van der Waals surface area contributed by atoms with E-state index < -0.39 is 0 Å². The number of benzene rings is 2. The summed E-state index contributed by atoms with van der Waals surface area (Å²) in [5, 5.41) is 0. The largest absolute Gasteiger partial charge is 0.361 e. The summed E-state index contributed by atoms with van der Waals surface area (Å²) >= 11 is 0. The first-order valence-corrected chi connectivity index (χ1v) is 8.25. The van der Waals surface area contributed by atoms with Gasteiger partial charge in [0.15, 0.2) is 0 Å². The van der Waals surface area contributed by atoms with Gasteiger partial charge in [0.2, 0.25) is 5.91 Å². The van der Waals surface area contributed by atoms with E-state index in [4.69, 9.17) is 0 Å². The normalized spacial score (nSPS) is 10.7. The van der Waals surface area contributed by atoms with Crippen molar-refractivity contribution in [3.63, 3.8) is 0 Å². The first-order chi connectivity index (χ1) is 11.5. The topological polar surface area (TPSA) is 26.8 Å². The average molecular weight is 325 g/mol. The van der Waals surface area contributed by atoms with E-state index in [0.717, 1.165) is 24.5 Å². The second-order valence-electron chi connectivity index (χ2n) is 6.35. The molecule has 2 aromatic rings. The predicted molar refractivity (Wildman–Crippen MR) is 102 cm³/mol. The molecule has 0 atom stereocenters. The third-order valence-corrected chi connectivity index (χ3v) is 4.06. The Bertz CT molecular complexity index is 638. The average Bonchev–Trinajstić information content (AvgIpc) is 2.59. The van der Waals surface area contributed by atoms with Gasteiger partial charge in [0.25, 0.3) is 0 Å². The van der Waals surface area contributed by atoms with Crippen molar-refractivity contribution in [2.75, 3.05) is 50.6 Å². The van der Waals surface area contributed by atoms with Crippen molar-refractivity contribution < 1.29 is 4.79 Å². The molecule has 0 aliphatic rings. The summed E-state index contributed by atoms with van der Waals surface area (Å²) in [7, 11) is 5.93. The van der Waals surface area contributed by atoms with E-state index in [-0.39, 0.29) is 5.91 Å². The van der Waals surface area contributed by atoms with Crippen molar-refractivity contribution in [2.45, 2.75) is 6.92 Å². The Morgan fingerprint density at radius 3 is 2.04 bits per heavy atom. The van der Waals surface area contributed by atoms with E-state index in [1.807, 2.05) is 70.5 Å². The van der Waals surface area contributed by atoms with Gasteiger partial charge >= 0.3 is 0 Å². The van der Waals surface area contributed by atoms with Crippen LogP contribution >= 0.6 is 0 Å². The number of hydrogen-bond donors (Lipinski definition) is 0. The molecule has 0 unspecified atom stereocenters. The number of carbonyl (C=O) groups is 1. The lowest BCUT2D eigenvalue weighted by molar-refractivity contribution is -0.117. The van der Waals surface area contributed by atoms with Gasteiger partial charge in [-0.05, 0) is 45.3 Å². The van der Waals surface area contributed by atoms with Crippen molar-refractivity contribution in [3.05, 3.63) is 60.2 Å². The molecule has 128 valence electrons. The van der Waals surface area contributed by atoms with Crippen LogP contribution in [0.4, 0.5) is 11.4 Å². The van der Waals surface area contributed by atoms with Crippen LogP contribution in [0.2, 0.25) is 0 Å². The smallest absolute Gasteiger partial charge is 0.246 e. The molecular formula is C20H27N3O. The molecule has 0 spiro atoms. The molecule has 2 rings (SSSR count). The number of likely N-dealkylation sites (N-methyl/N-ethyl adjacent to an activating group) is 2. The number of nitrogens with zero attached hydrogens (tertiary/aromatic N) is 3. The standard InChI is InChI=1S/C20H27N3O/c1-17-10-12-18(13-11-17)22(4)20(24)16-23(15-14-21(2)3)19-8-6-5-7-9-19/h5-13H,14-16H2,1-4H3. The van der Waals surface area contributed by atoms with Crippen LogP contribution in [-0.2, 0) is 4.79 Å². The maximum atomic E-state index is 12.7. The number of rotatable bonds is 7. The molecule has 0 saturated carbocycles. The van der Waals surface area contributed by atoms with Gasteiger partial charge in [-0.1, -0.05) is 35.9 Å². The Morgan fingerprint density at radius 2 is 1.46 bits per heavy atom. The van der Waals surface area contributed by atoms with Crippen LogP contribution in [0, 0.1) is 6.92 Å². The summed E-state index contributed by atoms with van der Waals surface area (Å²) in [5.74, 6) is 0.0847. The van der Waals surface area contributed by atoms with E-state index >= 15 is 0 Å². The van der Waals surface area contributed by atoms with Gasteiger partial charge in [-0.15, -0.1) is 0 Å². The van der Waals surface area contributed by atoms with E-state index in [2.05, 4.69) is 21.9 Å². The minimum atomic E-state index is 0.0847. The molecule has 0 bridgehead atoms. The zero-order valence-corrected chi connectivity index (χ0v) is 15.1. The first kappa shape index (κ1) is 18.0. The van der Waals surface area contributed by atoms with Gasteiger partial charge < -0.3 is 14.7 Å². The summed E-state index contributed by atoms with van der Waals surface area (Å²) < 4.78 is 0. The van der Waals surface area contributed by atoms with Crippen molar-refractivity contribution in [1.82, 2.24) is 4.90 Å². The summed E-state index contributed by atoms with van der Waals surface area (Å²) in [6.07, 6.45) is 0. The number of amides is 1. The summed E-state index contributed by atoms with van der Waals surface area (Å²) in [5.41, 5.74) is 3.19. The molecule has 0 N–H and O–H groups in total. The Hall–Kier alpha value is -2.33. The van der Waals surface area contributed by atoms with Gasteiger partial charge in [-0.3, -0.25) is 4.79 Å². The molecule has 0 fully saturated rings. The van der Waals surface area contributed by atoms with E-state index in [9.17, 15) is 4.79 Å². The van der Waals surface area contributed by atoms with Crippen LogP contribution in [0.1, 0.15) is 5.56 Å². The lowest BCUT2D eigenvalue weighted by atomic mass is 10.2. The zero-order chi connectivity index (χ0) is 17.5. The fourth-order valence-electron chi connectivity index (χ4n) is 2.44. The molecule has 24 heavy (non-hydrogen) atoms. The third-order valence-electron chi connectivity index (χ3n) is 4.06. The second-order valence-corrected chi connectivity index (χ2v) is 6.35. The molecule has 4 nitrogen and oxygen atoms in total.